The minimum atomic E-state index is -3.75. The number of nitriles is 1. The molecule has 0 aliphatic carbocycles. The van der Waals surface area contributed by atoms with Crippen molar-refractivity contribution in [2.24, 2.45) is 0 Å². The van der Waals surface area contributed by atoms with E-state index in [2.05, 4.69) is 10.4 Å². The molecule has 2 aromatic rings. The van der Waals surface area contributed by atoms with Gasteiger partial charge in [-0.05, 0) is 45.4 Å². The molecule has 0 radical (unpaired) electrons. The van der Waals surface area contributed by atoms with Crippen LogP contribution in [0.5, 0.6) is 0 Å². The molecule has 0 unspecified atom stereocenters. The molecular formula is C20H25N5O4S. The van der Waals surface area contributed by atoms with Crippen molar-refractivity contribution >= 4 is 21.7 Å². The van der Waals surface area contributed by atoms with Gasteiger partial charge < -0.3 is 10.1 Å². The number of hydrogen-bond acceptors (Lipinski definition) is 6. The van der Waals surface area contributed by atoms with Crippen LogP contribution in [0.2, 0.25) is 0 Å². The molecule has 1 aromatic heterocycles. The largest absolute Gasteiger partial charge is 0.379 e. The van der Waals surface area contributed by atoms with Gasteiger partial charge in [0, 0.05) is 24.8 Å². The second-order valence-corrected chi connectivity index (χ2v) is 9.98. The van der Waals surface area contributed by atoms with Crippen LogP contribution in [0.4, 0.5) is 5.82 Å². The van der Waals surface area contributed by atoms with Gasteiger partial charge in [-0.15, -0.1) is 0 Å². The molecule has 3 rings (SSSR count). The van der Waals surface area contributed by atoms with E-state index in [0.717, 1.165) is 0 Å². The number of benzene rings is 1. The molecule has 0 atom stereocenters. The molecule has 1 N–H and O–H groups in total. The van der Waals surface area contributed by atoms with E-state index < -0.39 is 15.9 Å². The summed E-state index contributed by atoms with van der Waals surface area (Å²) < 4.78 is 34.3. The summed E-state index contributed by atoms with van der Waals surface area (Å²) in [6.07, 6.45) is 1.57. The maximum Gasteiger partial charge on any atom is 0.256 e. The van der Waals surface area contributed by atoms with Crippen molar-refractivity contribution in [3.05, 3.63) is 41.1 Å². The van der Waals surface area contributed by atoms with Gasteiger partial charge in [0.25, 0.3) is 5.91 Å². The summed E-state index contributed by atoms with van der Waals surface area (Å²) in [6, 6.07) is 6.53. The lowest BCUT2D eigenvalue weighted by Gasteiger charge is -2.26. The number of nitrogens with zero attached hydrogens (tertiary/aromatic N) is 4. The van der Waals surface area contributed by atoms with Gasteiger partial charge in [0.05, 0.1) is 23.6 Å². The quantitative estimate of drug-likeness (QED) is 0.792. The standard InChI is InChI=1S/C20H25N5O4S/c1-14-5-6-15(11-17(14)30(27,28)24-7-9-29-10-8-24)19(26)22-18-16(12-21)13-25(23-18)20(2,3)4/h5-6,11,13H,7-10H2,1-4H3,(H,22,23,26). The molecule has 0 spiro atoms. The molecule has 1 amide bonds. The highest BCUT2D eigenvalue weighted by molar-refractivity contribution is 7.89. The Hall–Kier alpha value is -2.74. The van der Waals surface area contributed by atoms with E-state index in [1.54, 1.807) is 29.9 Å². The van der Waals surface area contributed by atoms with Crippen molar-refractivity contribution in [3.8, 4) is 6.07 Å². The number of nitrogens with one attached hydrogen (secondary N) is 1. The maximum atomic E-state index is 13.0. The number of rotatable bonds is 4. The van der Waals surface area contributed by atoms with Gasteiger partial charge >= 0.3 is 0 Å². The average molecular weight is 432 g/mol. The number of amides is 1. The zero-order chi connectivity index (χ0) is 22.1. The Kier molecular flexibility index (Phi) is 5.99. The van der Waals surface area contributed by atoms with Crippen LogP contribution in [0.3, 0.4) is 0 Å². The number of hydrogen-bond donors (Lipinski definition) is 1. The highest BCUT2D eigenvalue weighted by atomic mass is 32.2. The predicted molar refractivity (Wildman–Crippen MR) is 111 cm³/mol. The molecule has 1 aliphatic heterocycles. The van der Waals surface area contributed by atoms with Crippen LogP contribution in [0.15, 0.2) is 29.3 Å². The van der Waals surface area contributed by atoms with Crippen LogP contribution in [0, 0.1) is 18.3 Å². The molecule has 9 nitrogen and oxygen atoms in total. The number of carbonyl (C=O) groups is 1. The number of aryl methyl sites for hydroxylation is 1. The number of ether oxygens (including phenoxy) is 1. The molecule has 0 bridgehead atoms. The smallest absolute Gasteiger partial charge is 0.256 e. The number of carbonyl (C=O) groups excluding carboxylic acids is 1. The summed E-state index contributed by atoms with van der Waals surface area (Å²) in [5, 5.41) is 16.3. The van der Waals surface area contributed by atoms with Crippen LogP contribution in [-0.4, -0.2) is 54.7 Å². The highest BCUT2D eigenvalue weighted by Gasteiger charge is 2.28. The SMILES string of the molecule is Cc1ccc(C(=O)Nc2nn(C(C)(C)C)cc2C#N)cc1S(=O)(=O)N1CCOCC1. The van der Waals surface area contributed by atoms with Crippen molar-refractivity contribution in [3.63, 3.8) is 0 Å². The Balaban J connectivity index is 1.91. The molecule has 0 saturated carbocycles. The number of aromatic nitrogens is 2. The first kappa shape index (κ1) is 22.0. The molecular weight excluding hydrogens is 406 g/mol. The summed E-state index contributed by atoms with van der Waals surface area (Å²) in [5.41, 5.74) is 0.582. The third kappa shape index (κ3) is 4.38. The normalized spacial score (nSPS) is 15.6. The van der Waals surface area contributed by atoms with E-state index >= 15 is 0 Å². The topological polar surface area (TPSA) is 117 Å². The molecule has 10 heteroatoms. The molecule has 160 valence electrons. The number of sulfonamides is 1. The van der Waals surface area contributed by atoms with Crippen molar-refractivity contribution in [1.82, 2.24) is 14.1 Å². The average Bonchev–Trinajstić information content (AvgIpc) is 3.12. The predicted octanol–water partition coefficient (Wildman–Crippen LogP) is 2.09. The Labute approximate surface area is 176 Å². The molecule has 1 saturated heterocycles. The molecule has 1 aliphatic rings. The van der Waals surface area contributed by atoms with Gasteiger partial charge in [-0.2, -0.15) is 14.7 Å². The maximum absolute atomic E-state index is 13.0. The molecule has 2 heterocycles. The van der Waals surface area contributed by atoms with E-state index in [0.29, 0.717) is 18.8 Å². The lowest BCUT2D eigenvalue weighted by molar-refractivity contribution is 0.0730. The second-order valence-electron chi connectivity index (χ2n) is 8.07. The fourth-order valence-electron chi connectivity index (χ4n) is 3.02. The van der Waals surface area contributed by atoms with Crippen LogP contribution in [-0.2, 0) is 20.3 Å². The number of anilines is 1. The van der Waals surface area contributed by atoms with Crippen molar-refractivity contribution in [2.45, 2.75) is 38.1 Å². The Morgan fingerprint density at radius 1 is 1.27 bits per heavy atom. The van der Waals surface area contributed by atoms with Crippen LogP contribution in [0.1, 0.15) is 42.3 Å². The summed E-state index contributed by atoms with van der Waals surface area (Å²) in [7, 11) is -3.75. The van der Waals surface area contributed by atoms with E-state index in [1.807, 2.05) is 26.8 Å². The van der Waals surface area contributed by atoms with Crippen molar-refractivity contribution in [1.29, 1.82) is 5.26 Å². The first-order valence-electron chi connectivity index (χ1n) is 9.54. The number of morpholine rings is 1. The van der Waals surface area contributed by atoms with Gasteiger partial charge in [-0.1, -0.05) is 6.07 Å². The van der Waals surface area contributed by atoms with E-state index in [4.69, 9.17) is 4.74 Å². The summed E-state index contributed by atoms with van der Waals surface area (Å²) in [4.78, 5) is 12.9. The zero-order valence-electron chi connectivity index (χ0n) is 17.5. The summed E-state index contributed by atoms with van der Waals surface area (Å²) in [6.45, 7) is 8.69. The zero-order valence-corrected chi connectivity index (χ0v) is 18.3. The first-order valence-corrected chi connectivity index (χ1v) is 11.0. The monoisotopic (exact) mass is 431 g/mol. The van der Waals surface area contributed by atoms with Crippen LogP contribution < -0.4 is 5.32 Å². The van der Waals surface area contributed by atoms with E-state index in [-0.39, 0.29) is 40.5 Å². The third-order valence-electron chi connectivity index (χ3n) is 4.79. The molecule has 1 fully saturated rings. The minimum absolute atomic E-state index is 0.0813. The second kappa shape index (κ2) is 8.18. The first-order chi connectivity index (χ1) is 14.0. The summed E-state index contributed by atoms with van der Waals surface area (Å²) in [5.74, 6) is -0.403. The molecule has 30 heavy (non-hydrogen) atoms. The lowest BCUT2D eigenvalue weighted by atomic mass is 10.1. The van der Waals surface area contributed by atoms with Gasteiger partial charge in [-0.25, -0.2) is 8.42 Å². The van der Waals surface area contributed by atoms with Gasteiger partial charge in [0.2, 0.25) is 10.0 Å². The lowest BCUT2D eigenvalue weighted by Crippen LogP contribution is -2.40. The Morgan fingerprint density at radius 2 is 1.93 bits per heavy atom. The highest BCUT2D eigenvalue weighted by Crippen LogP contribution is 2.24. The third-order valence-corrected chi connectivity index (χ3v) is 6.83. The Bertz CT molecular complexity index is 1100. The minimum Gasteiger partial charge on any atom is -0.379 e. The van der Waals surface area contributed by atoms with Crippen molar-refractivity contribution in [2.75, 3.05) is 31.6 Å². The van der Waals surface area contributed by atoms with Gasteiger partial charge in [-0.3, -0.25) is 9.48 Å². The molecule has 1 aromatic carbocycles. The van der Waals surface area contributed by atoms with Gasteiger partial charge in [0.1, 0.15) is 11.6 Å². The fourth-order valence-corrected chi connectivity index (χ4v) is 4.68. The fraction of sp³-hybridized carbons (Fsp3) is 0.450. The van der Waals surface area contributed by atoms with E-state index in [9.17, 15) is 18.5 Å². The van der Waals surface area contributed by atoms with Gasteiger partial charge in [0.15, 0.2) is 5.82 Å². The van der Waals surface area contributed by atoms with Crippen LogP contribution >= 0.6 is 0 Å². The van der Waals surface area contributed by atoms with Crippen molar-refractivity contribution < 1.29 is 17.9 Å². The Morgan fingerprint density at radius 3 is 2.53 bits per heavy atom. The van der Waals surface area contributed by atoms with E-state index in [1.165, 1.54) is 10.4 Å². The van der Waals surface area contributed by atoms with Crippen LogP contribution in [0.25, 0.3) is 0 Å². The summed E-state index contributed by atoms with van der Waals surface area (Å²) >= 11 is 0.